The van der Waals surface area contributed by atoms with Crippen LogP contribution in [0.5, 0.6) is 5.75 Å². The van der Waals surface area contributed by atoms with Crippen LogP contribution in [0.15, 0.2) is 60.3 Å². The Labute approximate surface area is 190 Å². The normalized spacial score (nSPS) is 21.7. The van der Waals surface area contributed by atoms with Gasteiger partial charge in [-0.1, -0.05) is 58.0 Å². The number of amides is 2. The fourth-order valence-electron chi connectivity index (χ4n) is 4.71. The monoisotopic (exact) mass is 432 g/mol. The number of hydrogen-bond donors (Lipinski definition) is 0. The Balaban J connectivity index is 1.69. The van der Waals surface area contributed by atoms with Crippen molar-refractivity contribution in [1.29, 1.82) is 0 Å². The quantitative estimate of drug-likeness (QED) is 0.604. The molecule has 0 N–H and O–H groups in total. The first-order chi connectivity index (χ1) is 15.3. The van der Waals surface area contributed by atoms with E-state index in [4.69, 9.17) is 4.74 Å². The topological polar surface area (TPSA) is 49.9 Å². The van der Waals surface area contributed by atoms with Crippen LogP contribution in [-0.2, 0) is 9.59 Å². The van der Waals surface area contributed by atoms with Crippen molar-refractivity contribution in [3.8, 4) is 5.75 Å². The van der Waals surface area contributed by atoms with Crippen molar-refractivity contribution in [1.82, 2.24) is 4.90 Å². The SMILES string of the molecule is CC(C)COc1ccc(N2C(=O)C(c3ccccc3)=C(N3CC(C)CC(C)C3)C2=O)cc1. The Morgan fingerprint density at radius 1 is 0.906 bits per heavy atom. The first kappa shape index (κ1) is 22.1. The van der Waals surface area contributed by atoms with E-state index in [1.54, 1.807) is 12.1 Å². The molecule has 5 nitrogen and oxygen atoms in total. The lowest BCUT2D eigenvalue weighted by Crippen LogP contribution is -2.42. The smallest absolute Gasteiger partial charge is 0.282 e. The van der Waals surface area contributed by atoms with Gasteiger partial charge in [-0.05, 0) is 54.0 Å². The maximum atomic E-state index is 13.7. The van der Waals surface area contributed by atoms with Crippen molar-refractivity contribution in [3.63, 3.8) is 0 Å². The first-order valence-corrected chi connectivity index (χ1v) is 11.5. The third kappa shape index (κ3) is 4.43. The molecule has 2 aromatic carbocycles. The van der Waals surface area contributed by atoms with Gasteiger partial charge in [0.15, 0.2) is 0 Å². The number of piperidine rings is 1. The molecule has 168 valence electrons. The maximum Gasteiger partial charge on any atom is 0.282 e. The average molecular weight is 433 g/mol. The van der Waals surface area contributed by atoms with Crippen molar-refractivity contribution in [2.24, 2.45) is 17.8 Å². The number of likely N-dealkylation sites (tertiary alicyclic amines) is 1. The average Bonchev–Trinajstić information content (AvgIpc) is 3.02. The van der Waals surface area contributed by atoms with E-state index >= 15 is 0 Å². The van der Waals surface area contributed by atoms with Crippen LogP contribution in [0.4, 0.5) is 5.69 Å². The Hall–Kier alpha value is -3.08. The highest BCUT2D eigenvalue weighted by Crippen LogP contribution is 2.37. The highest BCUT2D eigenvalue weighted by molar-refractivity contribution is 6.45. The largest absolute Gasteiger partial charge is 0.493 e. The van der Waals surface area contributed by atoms with E-state index in [0.29, 0.717) is 41.3 Å². The second-order valence-electron chi connectivity index (χ2n) is 9.59. The predicted molar refractivity (Wildman–Crippen MR) is 127 cm³/mol. The van der Waals surface area contributed by atoms with E-state index in [2.05, 4.69) is 32.6 Å². The molecular weight excluding hydrogens is 400 g/mol. The molecule has 1 saturated heterocycles. The fourth-order valence-corrected chi connectivity index (χ4v) is 4.71. The molecule has 0 radical (unpaired) electrons. The van der Waals surface area contributed by atoms with Gasteiger partial charge in [0, 0.05) is 13.1 Å². The van der Waals surface area contributed by atoms with Gasteiger partial charge in [0.25, 0.3) is 11.8 Å². The molecule has 0 bridgehead atoms. The summed E-state index contributed by atoms with van der Waals surface area (Å²) in [5.41, 5.74) is 2.38. The van der Waals surface area contributed by atoms with E-state index in [-0.39, 0.29) is 11.8 Å². The lowest BCUT2D eigenvalue weighted by atomic mass is 9.91. The lowest BCUT2D eigenvalue weighted by Gasteiger charge is -2.37. The molecule has 0 spiro atoms. The number of hydrogen-bond acceptors (Lipinski definition) is 4. The summed E-state index contributed by atoms with van der Waals surface area (Å²) in [4.78, 5) is 30.7. The van der Waals surface area contributed by atoms with Crippen LogP contribution in [0.2, 0.25) is 0 Å². The number of nitrogens with zero attached hydrogens (tertiary/aromatic N) is 2. The van der Waals surface area contributed by atoms with Crippen molar-refractivity contribution in [2.75, 3.05) is 24.6 Å². The Morgan fingerprint density at radius 3 is 2.12 bits per heavy atom. The van der Waals surface area contributed by atoms with Crippen LogP contribution in [0.1, 0.15) is 39.7 Å². The molecule has 0 saturated carbocycles. The summed E-state index contributed by atoms with van der Waals surface area (Å²) in [6.07, 6.45) is 1.13. The van der Waals surface area contributed by atoms with Crippen LogP contribution in [0.3, 0.4) is 0 Å². The van der Waals surface area contributed by atoms with Crippen molar-refractivity contribution in [2.45, 2.75) is 34.1 Å². The maximum absolute atomic E-state index is 13.7. The van der Waals surface area contributed by atoms with Gasteiger partial charge in [0.2, 0.25) is 0 Å². The van der Waals surface area contributed by atoms with E-state index in [9.17, 15) is 9.59 Å². The van der Waals surface area contributed by atoms with E-state index in [1.807, 2.05) is 42.5 Å². The summed E-state index contributed by atoms with van der Waals surface area (Å²) in [7, 11) is 0. The lowest BCUT2D eigenvalue weighted by molar-refractivity contribution is -0.120. The van der Waals surface area contributed by atoms with Gasteiger partial charge in [-0.25, -0.2) is 4.90 Å². The van der Waals surface area contributed by atoms with Gasteiger partial charge in [-0.15, -0.1) is 0 Å². The standard InChI is InChI=1S/C27H32N2O3/c1-18(2)17-32-23-12-10-22(11-13-23)29-26(30)24(21-8-6-5-7-9-21)25(27(29)31)28-15-19(3)14-20(4)16-28/h5-13,18-20H,14-17H2,1-4H3. The van der Waals surface area contributed by atoms with Gasteiger partial charge < -0.3 is 9.64 Å². The van der Waals surface area contributed by atoms with Gasteiger partial charge in [0.05, 0.1) is 17.9 Å². The summed E-state index contributed by atoms with van der Waals surface area (Å²) in [6.45, 7) is 10.8. The van der Waals surface area contributed by atoms with Gasteiger partial charge in [-0.2, -0.15) is 0 Å². The fraction of sp³-hybridized carbons (Fsp3) is 0.407. The molecule has 2 heterocycles. The minimum absolute atomic E-state index is 0.244. The summed E-state index contributed by atoms with van der Waals surface area (Å²) < 4.78 is 5.76. The van der Waals surface area contributed by atoms with E-state index in [0.717, 1.165) is 30.8 Å². The molecule has 2 aromatic rings. The molecule has 5 heteroatoms. The van der Waals surface area contributed by atoms with Gasteiger partial charge >= 0.3 is 0 Å². The second kappa shape index (κ2) is 9.19. The molecule has 2 aliphatic rings. The van der Waals surface area contributed by atoms with Crippen LogP contribution in [-0.4, -0.2) is 36.4 Å². The van der Waals surface area contributed by atoms with Crippen molar-refractivity contribution >= 4 is 23.1 Å². The number of benzene rings is 2. The zero-order valence-electron chi connectivity index (χ0n) is 19.4. The Kier molecular flexibility index (Phi) is 6.35. The van der Waals surface area contributed by atoms with Crippen LogP contribution in [0.25, 0.3) is 5.57 Å². The molecule has 4 rings (SSSR count). The predicted octanol–water partition coefficient (Wildman–Crippen LogP) is 4.98. The molecule has 2 atom stereocenters. The molecule has 2 amide bonds. The third-order valence-electron chi connectivity index (χ3n) is 5.99. The minimum Gasteiger partial charge on any atom is -0.493 e. The zero-order valence-corrected chi connectivity index (χ0v) is 19.4. The first-order valence-electron chi connectivity index (χ1n) is 11.5. The van der Waals surface area contributed by atoms with Crippen molar-refractivity contribution < 1.29 is 14.3 Å². The van der Waals surface area contributed by atoms with E-state index < -0.39 is 0 Å². The zero-order chi connectivity index (χ0) is 22.8. The van der Waals surface area contributed by atoms with E-state index in [1.165, 1.54) is 4.90 Å². The highest BCUT2D eigenvalue weighted by atomic mass is 16.5. The van der Waals surface area contributed by atoms with Crippen LogP contribution < -0.4 is 9.64 Å². The van der Waals surface area contributed by atoms with Crippen LogP contribution in [0, 0.1) is 17.8 Å². The van der Waals surface area contributed by atoms with Crippen molar-refractivity contribution in [3.05, 3.63) is 65.9 Å². The molecule has 32 heavy (non-hydrogen) atoms. The molecule has 1 fully saturated rings. The summed E-state index contributed by atoms with van der Waals surface area (Å²) in [5.74, 6) is 1.58. The third-order valence-corrected chi connectivity index (χ3v) is 5.99. The second-order valence-corrected chi connectivity index (χ2v) is 9.59. The molecule has 2 unspecified atom stereocenters. The molecule has 0 aliphatic carbocycles. The summed E-state index contributed by atoms with van der Waals surface area (Å²) in [6, 6.07) is 16.8. The minimum atomic E-state index is -0.266. The molecular formula is C27H32N2O3. The molecule has 2 aliphatic heterocycles. The number of carbonyl (C=O) groups is 2. The van der Waals surface area contributed by atoms with Gasteiger partial charge in [-0.3, -0.25) is 9.59 Å². The number of rotatable bonds is 6. The number of carbonyl (C=O) groups excluding carboxylic acids is 2. The number of ether oxygens (including phenoxy) is 1. The van der Waals surface area contributed by atoms with Crippen LogP contribution >= 0.6 is 0 Å². The highest BCUT2D eigenvalue weighted by Gasteiger charge is 2.43. The number of anilines is 1. The molecule has 0 aromatic heterocycles. The van der Waals surface area contributed by atoms with Gasteiger partial charge in [0.1, 0.15) is 11.4 Å². The summed E-state index contributed by atoms with van der Waals surface area (Å²) >= 11 is 0. The Morgan fingerprint density at radius 2 is 1.53 bits per heavy atom. The number of imide groups is 1. The Bertz CT molecular complexity index is 1000. The summed E-state index contributed by atoms with van der Waals surface area (Å²) in [5, 5.41) is 0.